The second-order valence-corrected chi connectivity index (χ2v) is 6.41. The molecule has 0 radical (unpaired) electrons. The molecule has 0 saturated carbocycles. The minimum Gasteiger partial charge on any atom is -0.452 e. The van der Waals surface area contributed by atoms with Crippen molar-refractivity contribution in [2.45, 2.75) is 26.5 Å². The second-order valence-electron chi connectivity index (χ2n) is 6.41. The molecule has 0 amide bonds. The fraction of sp³-hybridized carbons (Fsp3) is 0.211. The van der Waals surface area contributed by atoms with Crippen LogP contribution in [0.3, 0.4) is 0 Å². The van der Waals surface area contributed by atoms with Crippen LogP contribution in [0.1, 0.15) is 36.1 Å². The molecule has 0 N–H and O–H groups in total. The Balaban J connectivity index is 1.44. The molecule has 0 bridgehead atoms. The highest BCUT2D eigenvalue weighted by Gasteiger charge is 2.15. The number of aromatic nitrogens is 5. The predicted molar refractivity (Wildman–Crippen MR) is 96.7 cm³/mol. The molecule has 0 spiro atoms. The Morgan fingerprint density at radius 2 is 2.04 bits per heavy atom. The van der Waals surface area contributed by atoms with Gasteiger partial charge in [0.1, 0.15) is 5.82 Å². The van der Waals surface area contributed by atoms with E-state index < -0.39 is 5.97 Å². The van der Waals surface area contributed by atoms with Gasteiger partial charge < -0.3 is 9.26 Å². The first-order valence-electron chi connectivity index (χ1n) is 8.60. The number of esters is 1. The van der Waals surface area contributed by atoms with E-state index in [1.165, 1.54) is 30.5 Å². The molecule has 142 valence electrons. The molecule has 3 aromatic heterocycles. The minimum absolute atomic E-state index is 0.134. The molecule has 0 atom stereocenters. The number of ether oxygens (including phenoxy) is 1. The first-order valence-corrected chi connectivity index (χ1v) is 8.60. The second kappa shape index (κ2) is 7.18. The number of rotatable bonds is 5. The first-order chi connectivity index (χ1) is 13.5. The highest BCUT2D eigenvalue weighted by Crippen LogP contribution is 2.19. The number of fused-ring (bicyclic) bond motifs is 1. The summed E-state index contributed by atoms with van der Waals surface area (Å²) in [5.41, 5.74) is 1.60. The normalized spacial score (nSPS) is 11.3. The number of hydrogen-bond acceptors (Lipinski definition) is 7. The first kappa shape index (κ1) is 17.8. The van der Waals surface area contributed by atoms with E-state index in [1.54, 1.807) is 16.9 Å². The van der Waals surface area contributed by atoms with E-state index in [-0.39, 0.29) is 30.2 Å². The van der Waals surface area contributed by atoms with Crippen LogP contribution in [-0.4, -0.2) is 30.9 Å². The fourth-order valence-electron chi connectivity index (χ4n) is 2.67. The van der Waals surface area contributed by atoms with Crippen molar-refractivity contribution in [2.75, 3.05) is 0 Å². The maximum absolute atomic E-state index is 13.0. The zero-order valence-corrected chi connectivity index (χ0v) is 15.2. The van der Waals surface area contributed by atoms with Gasteiger partial charge in [-0.2, -0.15) is 10.1 Å². The van der Waals surface area contributed by atoms with E-state index in [0.29, 0.717) is 16.8 Å². The van der Waals surface area contributed by atoms with Crippen molar-refractivity contribution in [3.05, 3.63) is 60.0 Å². The lowest BCUT2D eigenvalue weighted by molar-refractivity contribution is 0.0429. The molecule has 8 nitrogen and oxygen atoms in total. The summed E-state index contributed by atoms with van der Waals surface area (Å²) in [6.45, 7) is 3.82. The number of nitrogens with zero attached hydrogens (tertiary/aromatic N) is 5. The molecule has 0 aliphatic rings. The maximum atomic E-state index is 13.0. The van der Waals surface area contributed by atoms with Crippen molar-refractivity contribution in [1.82, 2.24) is 24.9 Å². The van der Waals surface area contributed by atoms with Crippen molar-refractivity contribution in [1.29, 1.82) is 0 Å². The number of pyridine rings is 1. The Labute approximate surface area is 159 Å². The minimum atomic E-state index is -0.562. The maximum Gasteiger partial charge on any atom is 0.340 e. The van der Waals surface area contributed by atoms with Crippen LogP contribution in [0.2, 0.25) is 0 Å². The van der Waals surface area contributed by atoms with Crippen LogP contribution in [-0.2, 0) is 11.3 Å². The number of carbonyl (C=O) groups is 1. The molecule has 3 heterocycles. The van der Waals surface area contributed by atoms with Gasteiger partial charge in [0.15, 0.2) is 12.3 Å². The Bertz CT molecular complexity index is 1130. The Kier molecular flexibility index (Phi) is 4.56. The zero-order chi connectivity index (χ0) is 19.7. The molecule has 28 heavy (non-hydrogen) atoms. The lowest BCUT2D eigenvalue weighted by Crippen LogP contribution is -2.07. The summed E-state index contributed by atoms with van der Waals surface area (Å²) in [6.07, 6.45) is 3.11. The predicted octanol–water partition coefficient (Wildman–Crippen LogP) is 3.56. The highest BCUT2D eigenvalue weighted by atomic mass is 19.1. The van der Waals surface area contributed by atoms with Gasteiger partial charge in [-0.05, 0) is 44.2 Å². The average molecular weight is 381 g/mol. The third-order valence-corrected chi connectivity index (χ3v) is 4.06. The van der Waals surface area contributed by atoms with Crippen molar-refractivity contribution in [2.24, 2.45) is 0 Å². The van der Waals surface area contributed by atoms with Crippen LogP contribution in [0.4, 0.5) is 4.39 Å². The Morgan fingerprint density at radius 1 is 1.25 bits per heavy atom. The Morgan fingerprint density at radius 3 is 2.79 bits per heavy atom. The summed E-state index contributed by atoms with van der Waals surface area (Å²) in [4.78, 5) is 20.7. The smallest absolute Gasteiger partial charge is 0.340 e. The van der Waals surface area contributed by atoms with E-state index in [4.69, 9.17) is 9.26 Å². The third kappa shape index (κ3) is 3.46. The lowest BCUT2D eigenvalue weighted by Gasteiger charge is -2.06. The van der Waals surface area contributed by atoms with E-state index in [9.17, 15) is 9.18 Å². The van der Waals surface area contributed by atoms with Crippen molar-refractivity contribution >= 4 is 17.0 Å². The molecule has 0 fully saturated rings. The van der Waals surface area contributed by atoms with Gasteiger partial charge >= 0.3 is 5.97 Å². The van der Waals surface area contributed by atoms with Gasteiger partial charge in [0.05, 0.1) is 11.8 Å². The van der Waals surface area contributed by atoms with Crippen LogP contribution in [0, 0.1) is 5.82 Å². The molecule has 1 aromatic carbocycles. The number of benzene rings is 1. The van der Waals surface area contributed by atoms with Gasteiger partial charge in [-0.3, -0.25) is 0 Å². The van der Waals surface area contributed by atoms with Crippen LogP contribution >= 0.6 is 0 Å². The molecule has 0 aliphatic carbocycles. The van der Waals surface area contributed by atoms with Gasteiger partial charge in [0, 0.05) is 23.2 Å². The quantitative estimate of drug-likeness (QED) is 0.488. The topological polar surface area (TPSA) is 95.9 Å². The summed E-state index contributed by atoms with van der Waals surface area (Å²) in [5, 5.41) is 8.82. The molecular weight excluding hydrogens is 365 g/mol. The standard InChI is InChI=1S/C19H16FN5O3/c1-11(2)25-18-13(9-22-25)7-14(8-21-18)19(26)27-10-16-23-17(24-28-16)12-3-5-15(20)6-4-12/h3-9,11H,10H2,1-2H3. The molecule has 0 aliphatic heterocycles. The third-order valence-electron chi connectivity index (χ3n) is 4.06. The summed E-state index contributed by atoms with van der Waals surface area (Å²) >= 11 is 0. The Hall–Kier alpha value is -3.62. The molecule has 4 rings (SSSR count). The highest BCUT2D eigenvalue weighted by molar-refractivity contribution is 5.92. The molecule has 9 heteroatoms. The van der Waals surface area contributed by atoms with Crippen molar-refractivity contribution < 1.29 is 18.4 Å². The SMILES string of the molecule is CC(C)n1ncc2cc(C(=O)OCc3nc(-c4ccc(F)cc4)no3)cnc21. The average Bonchev–Trinajstić information content (AvgIpc) is 3.33. The van der Waals surface area contributed by atoms with Crippen LogP contribution in [0.5, 0.6) is 0 Å². The monoisotopic (exact) mass is 381 g/mol. The van der Waals surface area contributed by atoms with E-state index in [1.807, 2.05) is 13.8 Å². The summed E-state index contributed by atoms with van der Waals surface area (Å²) < 4.78 is 25.1. The summed E-state index contributed by atoms with van der Waals surface area (Å²) in [7, 11) is 0. The van der Waals surface area contributed by atoms with Crippen molar-refractivity contribution in [3.8, 4) is 11.4 Å². The molecule has 0 unspecified atom stereocenters. The van der Waals surface area contributed by atoms with Gasteiger partial charge in [-0.15, -0.1) is 0 Å². The number of carbonyl (C=O) groups excluding carboxylic acids is 1. The number of hydrogen-bond donors (Lipinski definition) is 0. The van der Waals surface area contributed by atoms with Crippen molar-refractivity contribution in [3.63, 3.8) is 0 Å². The van der Waals surface area contributed by atoms with Gasteiger partial charge in [0.2, 0.25) is 5.82 Å². The van der Waals surface area contributed by atoms with Crippen LogP contribution in [0.25, 0.3) is 22.4 Å². The number of halogens is 1. The van der Waals surface area contributed by atoms with E-state index >= 15 is 0 Å². The van der Waals surface area contributed by atoms with Crippen LogP contribution < -0.4 is 0 Å². The summed E-state index contributed by atoms with van der Waals surface area (Å²) in [5.74, 6) is -0.497. The van der Waals surface area contributed by atoms with Gasteiger partial charge in [0.25, 0.3) is 5.89 Å². The lowest BCUT2D eigenvalue weighted by atomic mass is 10.2. The molecule has 4 aromatic rings. The van der Waals surface area contributed by atoms with Gasteiger partial charge in [-0.25, -0.2) is 18.9 Å². The summed E-state index contributed by atoms with van der Waals surface area (Å²) in [6, 6.07) is 7.51. The van der Waals surface area contributed by atoms with Gasteiger partial charge in [-0.1, -0.05) is 5.16 Å². The molecular formula is C19H16FN5O3. The van der Waals surface area contributed by atoms with E-state index in [2.05, 4.69) is 20.2 Å². The fourth-order valence-corrected chi connectivity index (χ4v) is 2.67. The largest absolute Gasteiger partial charge is 0.452 e. The van der Waals surface area contributed by atoms with E-state index in [0.717, 1.165) is 5.39 Å². The molecule has 0 saturated heterocycles. The zero-order valence-electron chi connectivity index (χ0n) is 15.2. The van der Waals surface area contributed by atoms with Crippen LogP contribution in [0.15, 0.2) is 47.2 Å².